The second-order valence-electron chi connectivity index (χ2n) is 4.95. The molecule has 2 atom stereocenters. The van der Waals surface area contributed by atoms with Gasteiger partial charge < -0.3 is 14.2 Å². The van der Waals surface area contributed by atoms with E-state index in [1.807, 2.05) is 37.3 Å². The fourth-order valence-electron chi connectivity index (χ4n) is 2.08. The van der Waals surface area contributed by atoms with Crippen molar-refractivity contribution in [3.63, 3.8) is 0 Å². The van der Waals surface area contributed by atoms with E-state index in [1.54, 1.807) is 7.11 Å². The van der Waals surface area contributed by atoms with Crippen molar-refractivity contribution in [2.45, 2.75) is 26.1 Å². The monoisotopic (exact) mass is 276 g/mol. The summed E-state index contributed by atoms with van der Waals surface area (Å²) in [7, 11) is 1.65. The Morgan fingerprint density at radius 2 is 2.10 bits per heavy atom. The molecule has 20 heavy (non-hydrogen) atoms. The number of rotatable bonds is 6. The van der Waals surface area contributed by atoms with Gasteiger partial charge >= 0.3 is 5.97 Å². The zero-order valence-electron chi connectivity index (χ0n) is 11.9. The number of hydrogen-bond acceptors (Lipinski definition) is 4. The third kappa shape index (κ3) is 4.10. The maximum absolute atomic E-state index is 11.2. The van der Waals surface area contributed by atoms with Gasteiger partial charge in [-0.2, -0.15) is 0 Å². The van der Waals surface area contributed by atoms with Gasteiger partial charge in [0, 0.05) is 18.4 Å². The number of carbonyl (C=O) groups is 1. The van der Waals surface area contributed by atoms with Crippen LogP contribution in [0.4, 0.5) is 0 Å². The van der Waals surface area contributed by atoms with E-state index in [9.17, 15) is 4.79 Å². The molecular weight excluding hydrogens is 256 g/mol. The van der Waals surface area contributed by atoms with Crippen molar-refractivity contribution in [2.24, 2.45) is 5.92 Å². The molecule has 1 aromatic carbocycles. The van der Waals surface area contributed by atoms with Crippen molar-refractivity contribution in [3.05, 3.63) is 42.0 Å². The molecule has 108 valence electrons. The first-order chi connectivity index (χ1) is 9.69. The maximum Gasteiger partial charge on any atom is 0.330 e. The van der Waals surface area contributed by atoms with E-state index in [1.165, 1.54) is 6.08 Å². The second kappa shape index (κ2) is 7.10. The molecule has 1 heterocycles. The molecule has 0 radical (unpaired) electrons. The summed E-state index contributed by atoms with van der Waals surface area (Å²) in [6.45, 7) is 3.15. The Kier molecular flexibility index (Phi) is 5.18. The smallest absolute Gasteiger partial charge is 0.330 e. The van der Waals surface area contributed by atoms with Crippen molar-refractivity contribution in [3.8, 4) is 5.75 Å². The SMILES string of the molecule is COc1ccc(COC[C@@H](C)[C@@H]2CC=CC(=O)O2)cc1. The minimum atomic E-state index is -0.261. The highest BCUT2D eigenvalue weighted by Crippen LogP contribution is 2.18. The van der Waals surface area contributed by atoms with E-state index in [4.69, 9.17) is 14.2 Å². The fraction of sp³-hybridized carbons (Fsp3) is 0.438. The van der Waals surface area contributed by atoms with Gasteiger partial charge in [-0.3, -0.25) is 0 Å². The summed E-state index contributed by atoms with van der Waals surface area (Å²) in [5.74, 6) is 0.758. The lowest BCUT2D eigenvalue weighted by atomic mass is 10.0. The molecule has 0 aromatic heterocycles. The molecule has 0 spiro atoms. The van der Waals surface area contributed by atoms with E-state index in [0.717, 1.165) is 17.7 Å². The van der Waals surface area contributed by atoms with Gasteiger partial charge in [-0.25, -0.2) is 4.79 Å². The first-order valence-corrected chi connectivity index (χ1v) is 6.77. The van der Waals surface area contributed by atoms with Gasteiger partial charge in [-0.15, -0.1) is 0 Å². The quantitative estimate of drug-likeness (QED) is 0.749. The minimum absolute atomic E-state index is 0.0802. The number of methoxy groups -OCH3 is 1. The third-order valence-electron chi connectivity index (χ3n) is 3.33. The van der Waals surface area contributed by atoms with E-state index < -0.39 is 0 Å². The summed E-state index contributed by atoms with van der Waals surface area (Å²) in [4.78, 5) is 11.2. The largest absolute Gasteiger partial charge is 0.497 e. The Bertz CT molecular complexity index is 464. The van der Waals surface area contributed by atoms with Gasteiger partial charge in [0.15, 0.2) is 0 Å². The molecule has 0 bridgehead atoms. The number of benzene rings is 1. The van der Waals surface area contributed by atoms with Crippen molar-refractivity contribution in [2.75, 3.05) is 13.7 Å². The molecule has 1 aliphatic rings. The first-order valence-electron chi connectivity index (χ1n) is 6.77. The summed E-state index contributed by atoms with van der Waals surface area (Å²) in [5.41, 5.74) is 1.10. The van der Waals surface area contributed by atoms with Crippen molar-refractivity contribution in [1.82, 2.24) is 0 Å². The molecule has 4 nitrogen and oxygen atoms in total. The number of esters is 1. The van der Waals surface area contributed by atoms with E-state index in [2.05, 4.69) is 0 Å². The summed E-state index contributed by atoms with van der Waals surface area (Å²) in [6.07, 6.45) is 4.01. The molecule has 1 aromatic rings. The highest BCUT2D eigenvalue weighted by Gasteiger charge is 2.22. The number of ether oxygens (including phenoxy) is 3. The summed E-state index contributed by atoms with van der Waals surface area (Å²) in [6, 6.07) is 7.78. The lowest BCUT2D eigenvalue weighted by molar-refractivity contribution is -0.147. The van der Waals surface area contributed by atoms with E-state index in [0.29, 0.717) is 13.2 Å². The van der Waals surface area contributed by atoms with Crippen LogP contribution in [0.2, 0.25) is 0 Å². The summed E-state index contributed by atoms with van der Waals surface area (Å²) >= 11 is 0. The van der Waals surface area contributed by atoms with Crippen LogP contribution in [-0.4, -0.2) is 25.8 Å². The van der Waals surface area contributed by atoms with Crippen LogP contribution in [0.25, 0.3) is 0 Å². The topological polar surface area (TPSA) is 44.8 Å². The summed E-state index contributed by atoms with van der Waals surface area (Å²) < 4.78 is 16.1. The summed E-state index contributed by atoms with van der Waals surface area (Å²) in [5, 5.41) is 0. The molecular formula is C16H20O4. The van der Waals surface area contributed by atoms with Gasteiger partial charge in [0.05, 0.1) is 20.3 Å². The second-order valence-corrected chi connectivity index (χ2v) is 4.95. The van der Waals surface area contributed by atoms with Crippen LogP contribution in [0.15, 0.2) is 36.4 Å². The van der Waals surface area contributed by atoms with Crippen LogP contribution in [0.1, 0.15) is 18.9 Å². The zero-order valence-corrected chi connectivity index (χ0v) is 11.9. The average molecular weight is 276 g/mol. The number of hydrogen-bond donors (Lipinski definition) is 0. The van der Waals surface area contributed by atoms with Gasteiger partial charge in [0.1, 0.15) is 11.9 Å². The maximum atomic E-state index is 11.2. The Morgan fingerprint density at radius 1 is 1.35 bits per heavy atom. The zero-order chi connectivity index (χ0) is 14.4. The molecule has 2 rings (SSSR count). The lowest BCUT2D eigenvalue weighted by Crippen LogP contribution is -2.29. The Labute approximate surface area is 119 Å². The predicted octanol–water partition coefficient (Wildman–Crippen LogP) is 2.72. The highest BCUT2D eigenvalue weighted by atomic mass is 16.5. The Hall–Kier alpha value is -1.81. The molecule has 0 N–H and O–H groups in total. The van der Waals surface area contributed by atoms with Crippen LogP contribution >= 0.6 is 0 Å². The normalized spacial score (nSPS) is 19.5. The van der Waals surface area contributed by atoms with Gasteiger partial charge in [0.2, 0.25) is 0 Å². The molecule has 0 fully saturated rings. The first kappa shape index (κ1) is 14.6. The van der Waals surface area contributed by atoms with Crippen molar-refractivity contribution >= 4 is 5.97 Å². The highest BCUT2D eigenvalue weighted by molar-refractivity contribution is 5.82. The minimum Gasteiger partial charge on any atom is -0.497 e. The molecule has 0 saturated heterocycles. The van der Waals surface area contributed by atoms with Crippen molar-refractivity contribution in [1.29, 1.82) is 0 Å². The molecule has 0 unspecified atom stereocenters. The third-order valence-corrected chi connectivity index (χ3v) is 3.33. The van der Waals surface area contributed by atoms with Crippen LogP contribution in [-0.2, 0) is 20.9 Å². The Balaban J connectivity index is 1.74. The van der Waals surface area contributed by atoms with Crippen LogP contribution in [0, 0.1) is 5.92 Å². The van der Waals surface area contributed by atoms with E-state index in [-0.39, 0.29) is 18.0 Å². The van der Waals surface area contributed by atoms with Crippen molar-refractivity contribution < 1.29 is 19.0 Å². The number of carbonyl (C=O) groups excluding carboxylic acids is 1. The standard InChI is InChI=1S/C16H20O4/c1-12(15-4-3-5-16(17)20-15)10-19-11-13-6-8-14(18-2)9-7-13/h3,5-9,12,15H,4,10-11H2,1-2H3/t12-,15+/m1/s1. The number of cyclic esters (lactones) is 1. The van der Waals surface area contributed by atoms with Gasteiger partial charge in [-0.05, 0) is 17.7 Å². The lowest BCUT2D eigenvalue weighted by Gasteiger charge is -2.24. The van der Waals surface area contributed by atoms with E-state index >= 15 is 0 Å². The predicted molar refractivity (Wildman–Crippen MR) is 75.5 cm³/mol. The average Bonchev–Trinajstić information content (AvgIpc) is 2.48. The van der Waals surface area contributed by atoms with Gasteiger partial charge in [0.25, 0.3) is 0 Å². The molecule has 0 amide bonds. The van der Waals surface area contributed by atoms with Crippen LogP contribution < -0.4 is 4.74 Å². The van der Waals surface area contributed by atoms with Gasteiger partial charge in [-0.1, -0.05) is 25.1 Å². The molecule has 0 saturated carbocycles. The van der Waals surface area contributed by atoms with Crippen LogP contribution in [0.5, 0.6) is 5.75 Å². The van der Waals surface area contributed by atoms with Crippen LogP contribution in [0.3, 0.4) is 0 Å². The Morgan fingerprint density at radius 3 is 2.75 bits per heavy atom. The molecule has 0 aliphatic carbocycles. The molecule has 1 aliphatic heterocycles. The molecule has 4 heteroatoms. The fourth-order valence-corrected chi connectivity index (χ4v) is 2.08.